The molecule has 1 radical (unpaired) electrons. The maximum Gasteiger partial charge on any atom is 0.373 e. The highest BCUT2D eigenvalue weighted by Gasteiger charge is 2.09. The van der Waals surface area contributed by atoms with Gasteiger partial charge in [-0.2, -0.15) is 4.89 Å². The van der Waals surface area contributed by atoms with Gasteiger partial charge in [0, 0.05) is 0 Å². The van der Waals surface area contributed by atoms with Crippen molar-refractivity contribution < 1.29 is 19.3 Å². The number of rotatable bonds is 7. The summed E-state index contributed by atoms with van der Waals surface area (Å²) >= 11 is 0. The van der Waals surface area contributed by atoms with Crippen LogP contribution in [0.5, 0.6) is 5.75 Å². The van der Waals surface area contributed by atoms with E-state index in [-0.39, 0.29) is 0 Å². The highest BCUT2D eigenvalue weighted by atomic mass is 17.2. The van der Waals surface area contributed by atoms with Crippen molar-refractivity contribution in [3.05, 3.63) is 35.9 Å². The smallest absolute Gasteiger partial charge is 0.373 e. The molecule has 0 saturated carbocycles. The molecule has 0 amide bonds. The average molecular weight is 251 g/mol. The summed E-state index contributed by atoms with van der Waals surface area (Å²) in [5, 5.41) is 0. The van der Waals surface area contributed by atoms with Gasteiger partial charge in [-0.3, -0.25) is 4.89 Å². The number of carbonyl (C=O) groups excluding carboxylic acids is 1. The first-order chi connectivity index (χ1) is 8.63. The summed E-state index contributed by atoms with van der Waals surface area (Å²) in [6.45, 7) is 6.21. The van der Waals surface area contributed by atoms with Crippen LogP contribution in [-0.2, 0) is 9.78 Å². The molecular formula is C14H19O4. The van der Waals surface area contributed by atoms with Crippen LogP contribution in [0.2, 0.25) is 0 Å². The molecule has 0 aliphatic rings. The molecule has 0 fully saturated rings. The van der Waals surface area contributed by atoms with E-state index in [1.54, 1.807) is 38.1 Å². The second kappa shape index (κ2) is 7.71. The van der Waals surface area contributed by atoms with Crippen LogP contribution < -0.4 is 4.74 Å². The van der Waals surface area contributed by atoms with E-state index in [9.17, 15) is 4.79 Å². The Bertz CT molecular complexity index is 357. The lowest BCUT2D eigenvalue weighted by Gasteiger charge is -2.07. The molecule has 1 aromatic rings. The Morgan fingerprint density at radius 2 is 1.78 bits per heavy atom. The molecule has 18 heavy (non-hydrogen) atoms. The van der Waals surface area contributed by atoms with Gasteiger partial charge in [-0.1, -0.05) is 13.3 Å². The number of ether oxygens (including phenoxy) is 1. The first kappa shape index (κ1) is 14.5. The molecule has 0 aromatic heterocycles. The van der Waals surface area contributed by atoms with Crippen LogP contribution in [0, 0.1) is 6.10 Å². The van der Waals surface area contributed by atoms with Crippen LogP contribution in [0.15, 0.2) is 24.3 Å². The van der Waals surface area contributed by atoms with Gasteiger partial charge in [0.25, 0.3) is 0 Å². The summed E-state index contributed by atoms with van der Waals surface area (Å²) in [7, 11) is 0. The van der Waals surface area contributed by atoms with E-state index in [2.05, 4.69) is 11.8 Å². The van der Waals surface area contributed by atoms with Gasteiger partial charge in [0.05, 0.1) is 12.2 Å². The molecule has 0 aliphatic heterocycles. The van der Waals surface area contributed by atoms with Crippen LogP contribution in [0.1, 0.15) is 44.0 Å². The van der Waals surface area contributed by atoms with Gasteiger partial charge >= 0.3 is 5.97 Å². The van der Waals surface area contributed by atoms with E-state index < -0.39 is 5.97 Å². The lowest BCUT2D eigenvalue weighted by molar-refractivity contribution is -0.229. The molecule has 4 nitrogen and oxygen atoms in total. The highest BCUT2D eigenvalue weighted by Crippen LogP contribution is 2.14. The second-order valence-electron chi connectivity index (χ2n) is 4.09. The maximum atomic E-state index is 11.5. The predicted octanol–water partition coefficient (Wildman–Crippen LogP) is 3.53. The Kier molecular flexibility index (Phi) is 6.22. The van der Waals surface area contributed by atoms with Gasteiger partial charge in [-0.25, -0.2) is 4.79 Å². The largest absolute Gasteiger partial charge is 0.494 e. The van der Waals surface area contributed by atoms with Gasteiger partial charge < -0.3 is 4.74 Å². The summed E-state index contributed by atoms with van der Waals surface area (Å²) in [6, 6.07) is 6.79. The van der Waals surface area contributed by atoms with E-state index in [0.717, 1.165) is 18.6 Å². The summed E-state index contributed by atoms with van der Waals surface area (Å²) in [6.07, 6.45) is 2.68. The Morgan fingerprint density at radius 3 is 2.33 bits per heavy atom. The van der Waals surface area contributed by atoms with Crippen molar-refractivity contribution in [1.29, 1.82) is 0 Å². The van der Waals surface area contributed by atoms with Crippen molar-refractivity contribution in [2.24, 2.45) is 0 Å². The molecule has 0 bridgehead atoms. The zero-order valence-corrected chi connectivity index (χ0v) is 11.1. The molecule has 0 spiro atoms. The van der Waals surface area contributed by atoms with Crippen molar-refractivity contribution >= 4 is 5.97 Å². The standard InChI is InChI=1S/C14H19O4/c1-4-5-10-16-13-8-6-12(7-9-13)14(15)18-17-11(2)3/h6-9H,4-5,10H2,1-3H3. The van der Waals surface area contributed by atoms with Gasteiger partial charge in [0.1, 0.15) is 11.9 Å². The monoisotopic (exact) mass is 251 g/mol. The third-order valence-electron chi connectivity index (χ3n) is 2.14. The van der Waals surface area contributed by atoms with Crippen LogP contribution in [-0.4, -0.2) is 12.6 Å². The molecule has 0 saturated heterocycles. The predicted molar refractivity (Wildman–Crippen MR) is 67.9 cm³/mol. The van der Waals surface area contributed by atoms with Gasteiger partial charge in [-0.15, -0.1) is 0 Å². The Hall–Kier alpha value is -1.55. The zero-order valence-electron chi connectivity index (χ0n) is 11.1. The highest BCUT2D eigenvalue weighted by molar-refractivity contribution is 5.89. The molecule has 0 N–H and O–H groups in total. The summed E-state index contributed by atoms with van der Waals surface area (Å²) < 4.78 is 5.49. The van der Waals surface area contributed by atoms with Crippen LogP contribution in [0.25, 0.3) is 0 Å². The third-order valence-corrected chi connectivity index (χ3v) is 2.14. The third kappa shape index (κ3) is 5.19. The number of unbranched alkanes of at least 4 members (excludes halogenated alkanes) is 1. The zero-order chi connectivity index (χ0) is 13.4. The molecule has 4 heteroatoms. The topological polar surface area (TPSA) is 44.8 Å². The molecule has 99 valence electrons. The molecule has 0 heterocycles. The van der Waals surface area contributed by atoms with Crippen molar-refractivity contribution in [3.8, 4) is 5.75 Å². The van der Waals surface area contributed by atoms with E-state index in [1.807, 2.05) is 0 Å². The van der Waals surface area contributed by atoms with Crippen LogP contribution in [0.3, 0.4) is 0 Å². The minimum atomic E-state index is -0.517. The molecule has 0 aliphatic carbocycles. The van der Waals surface area contributed by atoms with Crippen molar-refractivity contribution in [2.75, 3.05) is 6.61 Å². The fraction of sp³-hybridized carbons (Fsp3) is 0.429. The van der Waals surface area contributed by atoms with Crippen LogP contribution >= 0.6 is 0 Å². The quantitative estimate of drug-likeness (QED) is 0.422. The molecule has 0 atom stereocenters. The first-order valence-corrected chi connectivity index (χ1v) is 6.05. The van der Waals surface area contributed by atoms with Gasteiger partial charge in [-0.05, 0) is 44.5 Å². The number of hydrogen-bond donors (Lipinski definition) is 0. The van der Waals surface area contributed by atoms with E-state index >= 15 is 0 Å². The van der Waals surface area contributed by atoms with E-state index in [4.69, 9.17) is 9.62 Å². The molecular weight excluding hydrogens is 232 g/mol. The molecule has 0 unspecified atom stereocenters. The Balaban J connectivity index is 2.46. The number of carbonyl (C=O) groups is 1. The normalized spacial score (nSPS) is 10.4. The fourth-order valence-corrected chi connectivity index (χ4v) is 1.19. The SMILES string of the molecule is CCCCOc1ccc(C(=O)OO[C](C)C)cc1. The minimum Gasteiger partial charge on any atom is -0.494 e. The fourth-order valence-electron chi connectivity index (χ4n) is 1.19. The maximum absolute atomic E-state index is 11.5. The average Bonchev–Trinajstić information content (AvgIpc) is 2.37. The molecule has 1 rings (SSSR count). The lowest BCUT2D eigenvalue weighted by Crippen LogP contribution is -2.07. The molecule has 1 aromatic carbocycles. The minimum absolute atomic E-state index is 0.430. The van der Waals surface area contributed by atoms with Gasteiger partial charge in [0.2, 0.25) is 0 Å². The van der Waals surface area contributed by atoms with Gasteiger partial charge in [0.15, 0.2) is 0 Å². The summed E-state index contributed by atoms with van der Waals surface area (Å²) in [4.78, 5) is 20.8. The number of hydrogen-bond acceptors (Lipinski definition) is 4. The van der Waals surface area contributed by atoms with E-state index in [1.165, 1.54) is 0 Å². The second-order valence-corrected chi connectivity index (χ2v) is 4.09. The van der Waals surface area contributed by atoms with E-state index in [0.29, 0.717) is 18.3 Å². The number of benzene rings is 1. The summed E-state index contributed by atoms with van der Waals surface area (Å²) in [5.41, 5.74) is 0.430. The Morgan fingerprint density at radius 1 is 1.11 bits per heavy atom. The van der Waals surface area contributed by atoms with Crippen molar-refractivity contribution in [1.82, 2.24) is 0 Å². The summed E-state index contributed by atoms with van der Waals surface area (Å²) in [5.74, 6) is 0.232. The van der Waals surface area contributed by atoms with Crippen molar-refractivity contribution in [2.45, 2.75) is 33.6 Å². The first-order valence-electron chi connectivity index (χ1n) is 6.05. The lowest BCUT2D eigenvalue weighted by atomic mass is 10.2. The Labute approximate surface area is 108 Å². The van der Waals surface area contributed by atoms with Crippen LogP contribution in [0.4, 0.5) is 0 Å². The van der Waals surface area contributed by atoms with Crippen molar-refractivity contribution in [3.63, 3.8) is 0 Å².